The molecule has 2 N–H and O–H groups in total. The highest BCUT2D eigenvalue weighted by molar-refractivity contribution is 5.76. The van der Waals surface area contributed by atoms with Gasteiger partial charge in [0, 0.05) is 37.1 Å². The lowest BCUT2D eigenvalue weighted by Gasteiger charge is -2.37. The number of carbonyl (C=O) groups excluding carboxylic acids is 1. The number of hydrogen-bond donors (Lipinski definition) is 2. The molecule has 4 nitrogen and oxygen atoms in total. The summed E-state index contributed by atoms with van der Waals surface area (Å²) in [6.45, 7) is 8.31. The second-order valence-corrected chi connectivity index (χ2v) is 6.77. The summed E-state index contributed by atoms with van der Waals surface area (Å²) in [6, 6.07) is 2.38. The van der Waals surface area contributed by atoms with E-state index in [-0.39, 0.29) is 11.9 Å². The molecule has 2 heterocycles. The monoisotopic (exact) mass is 281 g/mol. The number of amides is 1. The first-order valence-corrected chi connectivity index (χ1v) is 8.38. The molecule has 0 aromatic heterocycles. The van der Waals surface area contributed by atoms with Gasteiger partial charge in [-0.2, -0.15) is 0 Å². The fraction of sp³-hybridized carbons (Fsp3) is 0.938. The number of rotatable bonds is 7. The van der Waals surface area contributed by atoms with Crippen molar-refractivity contribution in [2.24, 2.45) is 0 Å². The van der Waals surface area contributed by atoms with Gasteiger partial charge >= 0.3 is 0 Å². The molecule has 0 saturated carbocycles. The summed E-state index contributed by atoms with van der Waals surface area (Å²) in [5.41, 5.74) is 0. The van der Waals surface area contributed by atoms with Crippen LogP contribution in [0.1, 0.15) is 59.3 Å². The number of fused-ring (bicyclic) bond motifs is 2. The Labute approximate surface area is 123 Å². The van der Waals surface area contributed by atoms with Gasteiger partial charge in [-0.05, 0) is 52.5 Å². The van der Waals surface area contributed by atoms with E-state index in [1.54, 1.807) is 0 Å². The fourth-order valence-electron chi connectivity index (χ4n) is 3.73. The first-order valence-electron chi connectivity index (χ1n) is 8.38. The zero-order valence-electron chi connectivity index (χ0n) is 13.3. The van der Waals surface area contributed by atoms with Crippen molar-refractivity contribution >= 4 is 5.91 Å². The lowest BCUT2D eigenvalue weighted by molar-refractivity contribution is -0.122. The van der Waals surface area contributed by atoms with Crippen LogP contribution in [0.25, 0.3) is 0 Å². The van der Waals surface area contributed by atoms with E-state index in [0.717, 1.165) is 25.2 Å². The van der Waals surface area contributed by atoms with Crippen molar-refractivity contribution in [2.75, 3.05) is 13.1 Å². The Morgan fingerprint density at radius 2 is 1.90 bits per heavy atom. The highest BCUT2D eigenvalue weighted by Crippen LogP contribution is 2.29. The normalized spacial score (nSPS) is 29.1. The molecular formula is C16H31N3O. The summed E-state index contributed by atoms with van der Waals surface area (Å²) in [7, 11) is 0. The quantitative estimate of drug-likeness (QED) is 0.749. The summed E-state index contributed by atoms with van der Waals surface area (Å²) in [5.74, 6) is 0.193. The molecule has 2 atom stereocenters. The Morgan fingerprint density at radius 3 is 2.45 bits per heavy atom. The minimum atomic E-state index is 0.193. The molecule has 0 aromatic carbocycles. The van der Waals surface area contributed by atoms with Gasteiger partial charge in [-0.1, -0.05) is 6.92 Å². The van der Waals surface area contributed by atoms with Crippen molar-refractivity contribution in [3.05, 3.63) is 0 Å². The third-order valence-electron chi connectivity index (χ3n) is 4.55. The van der Waals surface area contributed by atoms with Crippen LogP contribution >= 0.6 is 0 Å². The highest BCUT2D eigenvalue weighted by atomic mass is 16.1. The zero-order chi connectivity index (χ0) is 14.5. The Morgan fingerprint density at radius 1 is 1.25 bits per heavy atom. The molecule has 0 spiro atoms. The van der Waals surface area contributed by atoms with Crippen LogP contribution in [0.4, 0.5) is 0 Å². The van der Waals surface area contributed by atoms with E-state index in [1.165, 1.54) is 32.1 Å². The molecule has 20 heavy (non-hydrogen) atoms. The predicted molar refractivity (Wildman–Crippen MR) is 82.7 cm³/mol. The average Bonchev–Trinajstić information content (AvgIpc) is 2.72. The van der Waals surface area contributed by atoms with E-state index < -0.39 is 0 Å². The van der Waals surface area contributed by atoms with Gasteiger partial charge in [-0.15, -0.1) is 0 Å². The fourth-order valence-corrected chi connectivity index (χ4v) is 3.73. The number of nitrogens with one attached hydrogen (secondary N) is 2. The minimum Gasteiger partial charge on any atom is -0.354 e. The lowest BCUT2D eigenvalue weighted by Crippen LogP contribution is -2.49. The molecule has 0 radical (unpaired) electrons. The molecule has 2 unspecified atom stereocenters. The lowest BCUT2D eigenvalue weighted by atomic mass is 9.97. The van der Waals surface area contributed by atoms with Crippen LogP contribution in [0.3, 0.4) is 0 Å². The second-order valence-electron chi connectivity index (χ2n) is 6.77. The molecule has 1 amide bonds. The molecule has 4 heteroatoms. The molecule has 2 aliphatic rings. The number of hydrogen-bond acceptors (Lipinski definition) is 3. The second kappa shape index (κ2) is 7.41. The topological polar surface area (TPSA) is 44.4 Å². The van der Waals surface area contributed by atoms with E-state index in [2.05, 4.69) is 22.5 Å². The van der Waals surface area contributed by atoms with Gasteiger partial charge in [0.15, 0.2) is 0 Å². The standard InChI is InChI=1S/C16H31N3O/c1-4-8-19(9-7-16(20)17-12(2)3)15-10-13-5-6-14(11-15)18-13/h12-15,18H,4-11H2,1-3H3,(H,17,20). The zero-order valence-corrected chi connectivity index (χ0v) is 13.3. The minimum absolute atomic E-state index is 0.193. The van der Waals surface area contributed by atoms with E-state index >= 15 is 0 Å². The Bertz CT molecular complexity index is 307. The molecule has 2 saturated heterocycles. The first-order chi connectivity index (χ1) is 9.58. The van der Waals surface area contributed by atoms with Gasteiger partial charge in [-0.25, -0.2) is 0 Å². The molecule has 116 valence electrons. The molecule has 2 aliphatic heterocycles. The van der Waals surface area contributed by atoms with Crippen molar-refractivity contribution in [1.82, 2.24) is 15.5 Å². The SMILES string of the molecule is CCCN(CCC(=O)NC(C)C)C1CC2CCC(C1)N2. The van der Waals surface area contributed by atoms with Crippen LogP contribution < -0.4 is 10.6 Å². The summed E-state index contributed by atoms with van der Waals surface area (Å²) in [5, 5.41) is 6.70. The number of piperidine rings is 1. The highest BCUT2D eigenvalue weighted by Gasteiger charge is 2.35. The molecular weight excluding hydrogens is 250 g/mol. The van der Waals surface area contributed by atoms with Gasteiger partial charge in [0.05, 0.1) is 0 Å². The van der Waals surface area contributed by atoms with E-state index in [9.17, 15) is 4.79 Å². The first kappa shape index (κ1) is 15.8. The van der Waals surface area contributed by atoms with Crippen molar-refractivity contribution in [3.8, 4) is 0 Å². The molecule has 2 fully saturated rings. The number of nitrogens with zero attached hydrogens (tertiary/aromatic N) is 1. The third kappa shape index (κ3) is 4.45. The Hall–Kier alpha value is -0.610. The van der Waals surface area contributed by atoms with Crippen molar-refractivity contribution in [2.45, 2.75) is 83.5 Å². The maximum Gasteiger partial charge on any atom is 0.221 e. The van der Waals surface area contributed by atoms with E-state index in [4.69, 9.17) is 0 Å². The van der Waals surface area contributed by atoms with Crippen molar-refractivity contribution < 1.29 is 4.79 Å². The van der Waals surface area contributed by atoms with Gasteiger partial charge in [0.1, 0.15) is 0 Å². The van der Waals surface area contributed by atoms with Crippen LogP contribution in [-0.4, -0.2) is 48.1 Å². The molecule has 2 rings (SSSR count). The van der Waals surface area contributed by atoms with Crippen LogP contribution in [0, 0.1) is 0 Å². The summed E-state index contributed by atoms with van der Waals surface area (Å²) in [4.78, 5) is 14.4. The third-order valence-corrected chi connectivity index (χ3v) is 4.55. The Balaban J connectivity index is 1.82. The van der Waals surface area contributed by atoms with E-state index in [0.29, 0.717) is 12.5 Å². The largest absolute Gasteiger partial charge is 0.354 e. The maximum absolute atomic E-state index is 11.8. The smallest absolute Gasteiger partial charge is 0.221 e. The summed E-state index contributed by atoms with van der Waals surface area (Å²) in [6.07, 6.45) is 7.02. The van der Waals surface area contributed by atoms with Gasteiger partial charge in [-0.3, -0.25) is 9.69 Å². The Kier molecular flexibility index (Phi) is 5.85. The molecule has 2 bridgehead atoms. The number of carbonyl (C=O) groups is 1. The van der Waals surface area contributed by atoms with Gasteiger partial charge in [0.2, 0.25) is 5.91 Å². The van der Waals surface area contributed by atoms with Crippen molar-refractivity contribution in [3.63, 3.8) is 0 Å². The van der Waals surface area contributed by atoms with E-state index in [1.807, 2.05) is 13.8 Å². The van der Waals surface area contributed by atoms with Crippen LogP contribution in [0.5, 0.6) is 0 Å². The van der Waals surface area contributed by atoms with Crippen LogP contribution in [0.2, 0.25) is 0 Å². The van der Waals surface area contributed by atoms with Crippen molar-refractivity contribution in [1.29, 1.82) is 0 Å². The summed E-state index contributed by atoms with van der Waals surface area (Å²) < 4.78 is 0. The van der Waals surface area contributed by atoms with Gasteiger partial charge < -0.3 is 10.6 Å². The molecule has 0 aliphatic carbocycles. The summed E-state index contributed by atoms with van der Waals surface area (Å²) >= 11 is 0. The van der Waals surface area contributed by atoms with Crippen LogP contribution in [0.15, 0.2) is 0 Å². The molecule has 0 aromatic rings. The maximum atomic E-state index is 11.8. The average molecular weight is 281 g/mol. The van der Waals surface area contributed by atoms with Crippen LogP contribution in [-0.2, 0) is 4.79 Å². The van der Waals surface area contributed by atoms with Gasteiger partial charge in [0.25, 0.3) is 0 Å². The predicted octanol–water partition coefficient (Wildman–Crippen LogP) is 1.90.